The van der Waals surface area contributed by atoms with Gasteiger partial charge in [-0.15, -0.1) is 0 Å². The number of nitrogens with one attached hydrogen (secondary N) is 2. The Kier molecular flexibility index (Phi) is 7.61. The second-order valence-electron chi connectivity index (χ2n) is 7.75. The number of sulfone groups is 1. The lowest BCUT2D eigenvalue weighted by Gasteiger charge is -2.25. The van der Waals surface area contributed by atoms with E-state index in [1.807, 2.05) is 0 Å². The summed E-state index contributed by atoms with van der Waals surface area (Å²) in [5.41, 5.74) is -0.238. The van der Waals surface area contributed by atoms with Crippen LogP contribution >= 0.6 is 0 Å². The van der Waals surface area contributed by atoms with E-state index in [9.17, 15) is 18.0 Å². The van der Waals surface area contributed by atoms with E-state index in [2.05, 4.69) is 10.6 Å². The quantitative estimate of drug-likeness (QED) is 0.696. The summed E-state index contributed by atoms with van der Waals surface area (Å²) in [5.74, 6) is -0.640. The van der Waals surface area contributed by atoms with Gasteiger partial charge in [0.05, 0.1) is 4.90 Å². The summed E-state index contributed by atoms with van der Waals surface area (Å²) < 4.78 is 31.1. The predicted octanol–water partition coefficient (Wildman–Crippen LogP) is 3.58. The van der Waals surface area contributed by atoms with Crippen molar-refractivity contribution in [3.05, 3.63) is 66.2 Å². The summed E-state index contributed by atoms with van der Waals surface area (Å²) in [6.07, 6.45) is -0.609. The fourth-order valence-electron chi connectivity index (χ4n) is 2.79. The molecule has 162 valence electrons. The van der Waals surface area contributed by atoms with Gasteiger partial charge in [0.2, 0.25) is 5.91 Å². The Hall–Kier alpha value is -2.87. The van der Waals surface area contributed by atoms with E-state index >= 15 is 0 Å². The second-order valence-corrected chi connectivity index (χ2v) is 9.88. The van der Waals surface area contributed by atoms with Gasteiger partial charge in [0.15, 0.2) is 9.84 Å². The second kappa shape index (κ2) is 9.75. The highest BCUT2D eigenvalue weighted by molar-refractivity contribution is 7.92. The summed E-state index contributed by atoms with van der Waals surface area (Å²) in [7, 11) is -3.80. The number of alkyl carbamates (subject to hydrolysis) is 1. The van der Waals surface area contributed by atoms with Crippen LogP contribution in [0, 0.1) is 0 Å². The van der Waals surface area contributed by atoms with Crippen LogP contribution in [0.15, 0.2) is 65.6 Å². The van der Waals surface area contributed by atoms with Crippen molar-refractivity contribution in [2.75, 3.05) is 0 Å². The van der Waals surface area contributed by atoms with Crippen LogP contribution < -0.4 is 10.6 Å². The molecule has 0 saturated heterocycles. The molecule has 0 radical (unpaired) electrons. The third kappa shape index (κ3) is 6.32. The van der Waals surface area contributed by atoms with Crippen molar-refractivity contribution in [1.82, 2.24) is 10.6 Å². The maximum atomic E-state index is 13.0. The monoisotopic (exact) mass is 432 g/mol. The summed E-state index contributed by atoms with van der Waals surface area (Å²) in [4.78, 5) is 25.5. The molecule has 2 rings (SSSR count). The summed E-state index contributed by atoms with van der Waals surface area (Å²) >= 11 is 0. The van der Waals surface area contributed by atoms with E-state index in [4.69, 9.17) is 4.74 Å². The SMILES string of the molecule is CCC(NC(=O)C(NC(=O)OC(C)(C)C)c1ccccc1)S(=O)(=O)c1ccccc1. The first-order valence-corrected chi connectivity index (χ1v) is 11.2. The topological polar surface area (TPSA) is 102 Å². The van der Waals surface area contributed by atoms with E-state index in [0.717, 1.165) is 0 Å². The average Bonchev–Trinajstić information content (AvgIpc) is 2.70. The number of carbonyl (C=O) groups is 2. The number of amides is 2. The minimum atomic E-state index is -3.80. The van der Waals surface area contributed by atoms with Gasteiger partial charge in [-0.2, -0.15) is 0 Å². The molecule has 2 unspecified atom stereocenters. The number of ether oxygens (including phenoxy) is 1. The molecule has 0 heterocycles. The van der Waals surface area contributed by atoms with Gasteiger partial charge < -0.3 is 15.4 Å². The van der Waals surface area contributed by atoms with E-state index < -0.39 is 38.9 Å². The molecule has 2 N–H and O–H groups in total. The zero-order chi connectivity index (χ0) is 22.4. The van der Waals surface area contributed by atoms with Crippen LogP contribution in [-0.4, -0.2) is 31.4 Å². The highest BCUT2D eigenvalue weighted by Crippen LogP contribution is 2.19. The molecular weight excluding hydrogens is 404 g/mol. The fraction of sp³-hybridized carbons (Fsp3) is 0.364. The zero-order valence-corrected chi connectivity index (χ0v) is 18.4. The lowest BCUT2D eigenvalue weighted by Crippen LogP contribution is -2.47. The summed E-state index contributed by atoms with van der Waals surface area (Å²) in [6, 6.07) is 15.4. The molecule has 7 nitrogen and oxygen atoms in total. The van der Waals surface area contributed by atoms with Crippen LogP contribution in [0.1, 0.15) is 45.7 Å². The molecule has 0 spiro atoms. The zero-order valence-electron chi connectivity index (χ0n) is 17.6. The Balaban J connectivity index is 2.27. The Bertz CT molecular complexity index is 954. The fourth-order valence-corrected chi connectivity index (χ4v) is 4.36. The molecule has 2 amide bonds. The van der Waals surface area contributed by atoms with Crippen LogP contribution in [0.2, 0.25) is 0 Å². The molecule has 0 aromatic heterocycles. The summed E-state index contributed by atoms with van der Waals surface area (Å²) in [6.45, 7) is 6.81. The van der Waals surface area contributed by atoms with Crippen LogP contribution in [-0.2, 0) is 19.4 Å². The van der Waals surface area contributed by atoms with Gasteiger partial charge in [0.1, 0.15) is 17.0 Å². The number of hydrogen-bond donors (Lipinski definition) is 2. The van der Waals surface area contributed by atoms with Gasteiger partial charge in [0.25, 0.3) is 0 Å². The molecule has 0 aliphatic rings. The predicted molar refractivity (Wildman–Crippen MR) is 114 cm³/mol. The summed E-state index contributed by atoms with van der Waals surface area (Å²) in [5, 5.41) is 3.98. The van der Waals surface area contributed by atoms with Crippen molar-refractivity contribution in [3.8, 4) is 0 Å². The maximum absolute atomic E-state index is 13.0. The molecule has 8 heteroatoms. The normalized spacial score (nSPS) is 13.7. The Morgan fingerprint density at radius 3 is 1.97 bits per heavy atom. The third-order valence-electron chi connectivity index (χ3n) is 4.18. The molecule has 30 heavy (non-hydrogen) atoms. The van der Waals surface area contributed by atoms with Crippen molar-refractivity contribution in [2.24, 2.45) is 0 Å². The van der Waals surface area contributed by atoms with Crippen molar-refractivity contribution >= 4 is 21.8 Å². The lowest BCUT2D eigenvalue weighted by molar-refractivity contribution is -0.123. The Morgan fingerprint density at radius 1 is 0.933 bits per heavy atom. The first-order valence-electron chi connectivity index (χ1n) is 9.68. The molecule has 0 bridgehead atoms. The third-order valence-corrected chi connectivity index (χ3v) is 6.31. The first-order chi connectivity index (χ1) is 14.0. The number of benzene rings is 2. The van der Waals surface area contributed by atoms with Gasteiger partial charge >= 0.3 is 6.09 Å². The molecule has 2 aromatic rings. The number of rotatable bonds is 7. The Labute approximate surface area is 177 Å². The highest BCUT2D eigenvalue weighted by Gasteiger charge is 2.32. The standard InChI is InChI=1S/C22H28N2O5S/c1-5-18(30(27,28)17-14-10-7-11-15-17)23-20(25)19(16-12-8-6-9-13-16)24-21(26)29-22(2,3)4/h6-15,18-19H,5H2,1-4H3,(H,23,25)(H,24,26). The average molecular weight is 433 g/mol. The molecule has 2 atom stereocenters. The molecule has 0 saturated carbocycles. The first kappa shape index (κ1) is 23.4. The van der Waals surface area contributed by atoms with E-state index in [1.54, 1.807) is 76.2 Å². The minimum Gasteiger partial charge on any atom is -0.444 e. The van der Waals surface area contributed by atoms with Gasteiger partial charge in [0, 0.05) is 0 Å². The van der Waals surface area contributed by atoms with Gasteiger partial charge in [-0.3, -0.25) is 4.79 Å². The van der Waals surface area contributed by atoms with Crippen LogP contribution in [0.4, 0.5) is 4.79 Å². The molecule has 0 aliphatic carbocycles. The van der Waals surface area contributed by atoms with Crippen molar-refractivity contribution in [1.29, 1.82) is 0 Å². The van der Waals surface area contributed by atoms with Gasteiger partial charge in [-0.25, -0.2) is 13.2 Å². The van der Waals surface area contributed by atoms with Crippen molar-refractivity contribution in [3.63, 3.8) is 0 Å². The van der Waals surface area contributed by atoms with E-state index in [-0.39, 0.29) is 11.3 Å². The maximum Gasteiger partial charge on any atom is 0.408 e. The van der Waals surface area contributed by atoms with E-state index in [0.29, 0.717) is 5.56 Å². The molecule has 2 aromatic carbocycles. The highest BCUT2D eigenvalue weighted by atomic mass is 32.2. The van der Waals surface area contributed by atoms with Crippen LogP contribution in [0.3, 0.4) is 0 Å². The van der Waals surface area contributed by atoms with Gasteiger partial charge in [-0.05, 0) is 44.9 Å². The van der Waals surface area contributed by atoms with E-state index in [1.165, 1.54) is 12.1 Å². The lowest BCUT2D eigenvalue weighted by atomic mass is 10.1. The van der Waals surface area contributed by atoms with Crippen LogP contribution in [0.25, 0.3) is 0 Å². The minimum absolute atomic E-state index is 0.119. The largest absolute Gasteiger partial charge is 0.444 e. The van der Waals surface area contributed by atoms with Crippen molar-refractivity contribution < 1.29 is 22.7 Å². The van der Waals surface area contributed by atoms with Crippen molar-refractivity contribution in [2.45, 2.75) is 56.0 Å². The smallest absolute Gasteiger partial charge is 0.408 e. The molecule has 0 fully saturated rings. The Morgan fingerprint density at radius 2 is 1.47 bits per heavy atom. The van der Waals surface area contributed by atoms with Gasteiger partial charge in [-0.1, -0.05) is 55.5 Å². The molecular formula is C22H28N2O5S. The number of hydrogen-bond acceptors (Lipinski definition) is 5. The van der Waals surface area contributed by atoms with Crippen LogP contribution in [0.5, 0.6) is 0 Å². The molecule has 0 aliphatic heterocycles. The number of carbonyl (C=O) groups excluding carboxylic acids is 2.